The smallest absolute Gasteiger partial charge is 0.177 e. The van der Waals surface area contributed by atoms with Crippen LogP contribution in [0, 0.1) is 0 Å². The number of ether oxygens (including phenoxy) is 1. The standard InChI is InChI=1S/C11H13N3O/c1-4-9-11(12-5-1)14-10(13-9)7-8-3-2-6-15-8/h1,4-5,8H,2-3,6-7H2,(H,12,13,14). The maximum atomic E-state index is 5.57. The Labute approximate surface area is 87.7 Å². The summed E-state index contributed by atoms with van der Waals surface area (Å²) in [6.45, 7) is 0.892. The highest BCUT2D eigenvalue weighted by atomic mass is 16.5. The molecule has 1 saturated heterocycles. The first-order valence-electron chi connectivity index (χ1n) is 5.33. The molecule has 1 atom stereocenters. The Morgan fingerprint density at radius 2 is 2.53 bits per heavy atom. The summed E-state index contributed by atoms with van der Waals surface area (Å²) in [6, 6.07) is 3.91. The number of fused-ring (bicyclic) bond motifs is 1. The molecule has 1 aliphatic rings. The third kappa shape index (κ3) is 1.72. The molecule has 0 bridgehead atoms. The molecule has 0 aromatic carbocycles. The number of nitrogens with zero attached hydrogens (tertiary/aromatic N) is 2. The molecule has 4 heteroatoms. The highest BCUT2D eigenvalue weighted by molar-refractivity contribution is 5.69. The van der Waals surface area contributed by atoms with Gasteiger partial charge in [0.2, 0.25) is 0 Å². The van der Waals surface area contributed by atoms with Gasteiger partial charge in [-0.05, 0) is 25.0 Å². The maximum absolute atomic E-state index is 5.57. The van der Waals surface area contributed by atoms with E-state index in [1.807, 2.05) is 12.1 Å². The molecule has 2 aromatic heterocycles. The van der Waals surface area contributed by atoms with Gasteiger partial charge in [-0.25, -0.2) is 9.97 Å². The predicted octanol–water partition coefficient (Wildman–Crippen LogP) is 1.68. The fourth-order valence-electron chi connectivity index (χ4n) is 2.01. The largest absolute Gasteiger partial charge is 0.378 e. The molecule has 3 rings (SSSR count). The normalized spacial score (nSPS) is 21.2. The SMILES string of the molecule is c1cnc2nc(CC3CCCO3)[nH]c2c1. The van der Waals surface area contributed by atoms with Gasteiger partial charge in [0.15, 0.2) is 5.65 Å². The highest BCUT2D eigenvalue weighted by Crippen LogP contribution is 2.17. The molecule has 1 aliphatic heterocycles. The first kappa shape index (κ1) is 8.85. The van der Waals surface area contributed by atoms with Crippen LogP contribution >= 0.6 is 0 Å². The first-order valence-corrected chi connectivity index (χ1v) is 5.33. The summed E-state index contributed by atoms with van der Waals surface area (Å²) >= 11 is 0. The van der Waals surface area contributed by atoms with Gasteiger partial charge < -0.3 is 9.72 Å². The first-order chi connectivity index (χ1) is 7.42. The van der Waals surface area contributed by atoms with Gasteiger partial charge in [-0.1, -0.05) is 0 Å². The summed E-state index contributed by atoms with van der Waals surface area (Å²) in [7, 11) is 0. The molecule has 3 heterocycles. The minimum absolute atomic E-state index is 0.338. The lowest BCUT2D eigenvalue weighted by Gasteiger charge is -2.05. The lowest BCUT2D eigenvalue weighted by Crippen LogP contribution is -2.09. The molecule has 1 N–H and O–H groups in total. The molecule has 2 aromatic rings. The molecule has 0 radical (unpaired) electrons. The van der Waals surface area contributed by atoms with Gasteiger partial charge in [0.25, 0.3) is 0 Å². The van der Waals surface area contributed by atoms with Crippen molar-refractivity contribution in [3.05, 3.63) is 24.2 Å². The lowest BCUT2D eigenvalue weighted by atomic mass is 10.2. The number of aromatic amines is 1. The van der Waals surface area contributed by atoms with Crippen molar-refractivity contribution < 1.29 is 4.74 Å². The number of hydrogen-bond acceptors (Lipinski definition) is 3. The van der Waals surface area contributed by atoms with Crippen LogP contribution < -0.4 is 0 Å². The number of pyridine rings is 1. The van der Waals surface area contributed by atoms with E-state index in [-0.39, 0.29) is 0 Å². The van der Waals surface area contributed by atoms with Gasteiger partial charge in [0.05, 0.1) is 11.6 Å². The topological polar surface area (TPSA) is 50.8 Å². The Bertz CT molecular complexity index is 427. The fraction of sp³-hybridized carbons (Fsp3) is 0.455. The zero-order chi connectivity index (χ0) is 10.1. The number of hydrogen-bond donors (Lipinski definition) is 1. The van der Waals surface area contributed by atoms with E-state index in [0.717, 1.165) is 36.4 Å². The van der Waals surface area contributed by atoms with Crippen molar-refractivity contribution in [1.29, 1.82) is 0 Å². The Morgan fingerprint density at radius 3 is 3.33 bits per heavy atom. The molecule has 78 valence electrons. The van der Waals surface area contributed by atoms with Crippen LogP contribution in [0.2, 0.25) is 0 Å². The van der Waals surface area contributed by atoms with Gasteiger partial charge in [-0.15, -0.1) is 0 Å². The van der Waals surface area contributed by atoms with Gasteiger partial charge in [-0.3, -0.25) is 0 Å². The Kier molecular flexibility index (Phi) is 2.14. The van der Waals surface area contributed by atoms with Crippen LogP contribution in [0.1, 0.15) is 18.7 Å². The zero-order valence-electron chi connectivity index (χ0n) is 8.44. The number of aromatic nitrogens is 3. The van der Waals surface area contributed by atoms with Crippen molar-refractivity contribution >= 4 is 11.2 Å². The van der Waals surface area contributed by atoms with Gasteiger partial charge in [0, 0.05) is 19.2 Å². The van der Waals surface area contributed by atoms with Crippen molar-refractivity contribution in [2.75, 3.05) is 6.61 Å². The van der Waals surface area contributed by atoms with Crippen molar-refractivity contribution in [3.8, 4) is 0 Å². The summed E-state index contributed by atoms with van der Waals surface area (Å²) in [6.07, 6.45) is 5.29. The van der Waals surface area contributed by atoms with E-state index in [4.69, 9.17) is 4.74 Å². The second-order valence-electron chi connectivity index (χ2n) is 3.90. The third-order valence-corrected chi connectivity index (χ3v) is 2.75. The van der Waals surface area contributed by atoms with E-state index in [9.17, 15) is 0 Å². The number of nitrogens with one attached hydrogen (secondary N) is 1. The van der Waals surface area contributed by atoms with E-state index in [1.165, 1.54) is 6.42 Å². The average Bonchev–Trinajstić information content (AvgIpc) is 2.86. The number of imidazole rings is 1. The molecule has 0 amide bonds. The second-order valence-corrected chi connectivity index (χ2v) is 3.90. The van der Waals surface area contributed by atoms with Crippen LogP contribution in [0.5, 0.6) is 0 Å². The van der Waals surface area contributed by atoms with Crippen molar-refractivity contribution in [1.82, 2.24) is 15.0 Å². The molecule has 1 fully saturated rings. The predicted molar refractivity (Wildman–Crippen MR) is 56.6 cm³/mol. The fourth-order valence-corrected chi connectivity index (χ4v) is 2.01. The Morgan fingerprint density at radius 1 is 1.53 bits per heavy atom. The van der Waals surface area contributed by atoms with Crippen molar-refractivity contribution in [3.63, 3.8) is 0 Å². The maximum Gasteiger partial charge on any atom is 0.177 e. The molecular weight excluding hydrogens is 190 g/mol. The molecular formula is C11H13N3O. The Balaban J connectivity index is 1.84. The van der Waals surface area contributed by atoms with E-state index in [0.29, 0.717) is 6.10 Å². The molecule has 0 aliphatic carbocycles. The summed E-state index contributed by atoms with van der Waals surface area (Å²) in [5.41, 5.74) is 1.80. The highest BCUT2D eigenvalue weighted by Gasteiger charge is 2.17. The summed E-state index contributed by atoms with van der Waals surface area (Å²) < 4.78 is 5.57. The van der Waals surface area contributed by atoms with Crippen molar-refractivity contribution in [2.45, 2.75) is 25.4 Å². The van der Waals surface area contributed by atoms with Crippen LogP contribution in [0.25, 0.3) is 11.2 Å². The molecule has 0 saturated carbocycles. The van der Waals surface area contributed by atoms with Crippen LogP contribution in [-0.2, 0) is 11.2 Å². The quantitative estimate of drug-likeness (QED) is 0.807. The number of rotatable bonds is 2. The lowest BCUT2D eigenvalue weighted by molar-refractivity contribution is 0.110. The summed E-state index contributed by atoms with van der Waals surface area (Å²) in [4.78, 5) is 11.9. The third-order valence-electron chi connectivity index (χ3n) is 2.75. The Hall–Kier alpha value is -1.42. The van der Waals surface area contributed by atoms with Crippen LogP contribution in [0.3, 0.4) is 0 Å². The van der Waals surface area contributed by atoms with E-state index < -0.39 is 0 Å². The molecule has 15 heavy (non-hydrogen) atoms. The average molecular weight is 203 g/mol. The van der Waals surface area contributed by atoms with E-state index in [1.54, 1.807) is 6.20 Å². The summed E-state index contributed by atoms with van der Waals surface area (Å²) in [5.74, 6) is 0.982. The van der Waals surface area contributed by atoms with E-state index in [2.05, 4.69) is 15.0 Å². The van der Waals surface area contributed by atoms with Gasteiger partial charge >= 0.3 is 0 Å². The van der Waals surface area contributed by atoms with Crippen LogP contribution in [0.15, 0.2) is 18.3 Å². The minimum atomic E-state index is 0.338. The monoisotopic (exact) mass is 203 g/mol. The summed E-state index contributed by atoms with van der Waals surface area (Å²) in [5, 5.41) is 0. The van der Waals surface area contributed by atoms with E-state index >= 15 is 0 Å². The molecule has 4 nitrogen and oxygen atoms in total. The number of H-pyrrole nitrogens is 1. The molecule has 0 spiro atoms. The zero-order valence-corrected chi connectivity index (χ0v) is 8.44. The van der Waals surface area contributed by atoms with Crippen LogP contribution in [0.4, 0.5) is 0 Å². The van der Waals surface area contributed by atoms with Crippen molar-refractivity contribution in [2.24, 2.45) is 0 Å². The van der Waals surface area contributed by atoms with Crippen LogP contribution in [-0.4, -0.2) is 27.7 Å². The second kappa shape index (κ2) is 3.62. The van der Waals surface area contributed by atoms with Gasteiger partial charge in [-0.2, -0.15) is 0 Å². The van der Waals surface area contributed by atoms with Gasteiger partial charge in [0.1, 0.15) is 5.82 Å². The molecule has 1 unspecified atom stereocenters. The minimum Gasteiger partial charge on any atom is -0.378 e.